The Kier molecular flexibility index (Phi) is 7.76. The molecule has 9 heteroatoms. The number of carbonyl (C=O) groups is 2. The van der Waals surface area contributed by atoms with Gasteiger partial charge < -0.3 is 18.9 Å². The molecule has 0 aromatic heterocycles. The van der Waals surface area contributed by atoms with E-state index in [0.29, 0.717) is 32.2 Å². The number of nitrogens with zero attached hydrogens (tertiary/aromatic N) is 1. The van der Waals surface area contributed by atoms with E-state index in [9.17, 15) is 9.59 Å². The lowest BCUT2D eigenvalue weighted by molar-refractivity contribution is -0.149. The zero-order valence-corrected chi connectivity index (χ0v) is 19.7. The third-order valence-electron chi connectivity index (χ3n) is 4.32. The fourth-order valence-electron chi connectivity index (χ4n) is 2.97. The Morgan fingerprint density at radius 1 is 1.09 bits per heavy atom. The minimum atomic E-state index is -0.467. The highest BCUT2D eigenvalue weighted by molar-refractivity contribution is 8.27. The summed E-state index contributed by atoms with van der Waals surface area (Å²) in [6, 6.07) is 12.4. The van der Waals surface area contributed by atoms with Crippen LogP contribution < -0.4 is 19.1 Å². The first-order valence-corrected chi connectivity index (χ1v) is 11.0. The molecule has 0 atom stereocenters. The number of benzene rings is 2. The van der Waals surface area contributed by atoms with Gasteiger partial charge in [0.15, 0.2) is 22.4 Å². The van der Waals surface area contributed by atoms with Crippen molar-refractivity contribution in [2.75, 3.05) is 25.7 Å². The van der Waals surface area contributed by atoms with Crippen molar-refractivity contribution in [3.8, 4) is 17.2 Å². The summed E-state index contributed by atoms with van der Waals surface area (Å²) in [4.78, 5) is 26.7. The molecule has 0 N–H and O–H groups in total. The first kappa shape index (κ1) is 23.6. The van der Waals surface area contributed by atoms with E-state index in [4.69, 9.17) is 31.2 Å². The smallest absolute Gasteiger partial charge is 0.344 e. The molecule has 1 amide bonds. The second-order valence-corrected chi connectivity index (χ2v) is 8.60. The van der Waals surface area contributed by atoms with Gasteiger partial charge in [0.05, 0.1) is 30.9 Å². The van der Waals surface area contributed by atoms with Crippen LogP contribution in [0.15, 0.2) is 47.4 Å². The maximum absolute atomic E-state index is 13.1. The molecule has 1 aliphatic rings. The van der Waals surface area contributed by atoms with Gasteiger partial charge in [-0.05, 0) is 49.8 Å². The first-order valence-electron chi connectivity index (χ1n) is 9.75. The van der Waals surface area contributed by atoms with E-state index < -0.39 is 5.97 Å². The highest BCUT2D eigenvalue weighted by Gasteiger charge is 2.34. The van der Waals surface area contributed by atoms with Crippen molar-refractivity contribution in [2.24, 2.45) is 0 Å². The predicted octanol–water partition coefficient (Wildman–Crippen LogP) is 4.44. The molecule has 168 valence electrons. The Labute approximate surface area is 196 Å². The fraction of sp³-hybridized carbons (Fsp3) is 0.261. The molecule has 7 nitrogen and oxygen atoms in total. The van der Waals surface area contributed by atoms with Gasteiger partial charge in [-0.1, -0.05) is 42.2 Å². The summed E-state index contributed by atoms with van der Waals surface area (Å²) in [7, 11) is 3.05. The van der Waals surface area contributed by atoms with Crippen LogP contribution in [0.1, 0.15) is 19.4 Å². The number of methoxy groups -OCH3 is 2. The van der Waals surface area contributed by atoms with Gasteiger partial charge in [0.1, 0.15) is 5.75 Å². The van der Waals surface area contributed by atoms with Crippen molar-refractivity contribution in [2.45, 2.75) is 20.0 Å². The summed E-state index contributed by atoms with van der Waals surface area (Å²) in [5.74, 6) is 0.679. The zero-order chi connectivity index (χ0) is 23.3. The second-order valence-electron chi connectivity index (χ2n) is 6.93. The standard InChI is InChI=1S/C23H23NO6S2/c1-14(2)30-21(25)13-29-18-10-9-15(11-19(18)28-4)12-20-22(26)24(23(31)32-20)16-7-5-6-8-17(16)27-3/h5-12,14H,13H2,1-4H3/b20-12-. The van der Waals surface area contributed by atoms with Gasteiger partial charge in [-0.3, -0.25) is 9.69 Å². The van der Waals surface area contributed by atoms with Gasteiger partial charge in [-0.15, -0.1) is 0 Å². The number of carbonyl (C=O) groups excluding carboxylic acids is 2. The molecular weight excluding hydrogens is 450 g/mol. The molecule has 32 heavy (non-hydrogen) atoms. The molecule has 0 radical (unpaired) electrons. The van der Waals surface area contributed by atoms with Crippen LogP contribution in [0.5, 0.6) is 17.2 Å². The van der Waals surface area contributed by atoms with E-state index in [-0.39, 0.29) is 18.6 Å². The van der Waals surface area contributed by atoms with Crippen LogP contribution >= 0.6 is 24.0 Å². The third-order valence-corrected chi connectivity index (χ3v) is 5.62. The van der Waals surface area contributed by atoms with Crippen LogP contribution in [-0.4, -0.2) is 43.1 Å². The van der Waals surface area contributed by atoms with E-state index in [1.54, 1.807) is 57.4 Å². The molecule has 0 spiro atoms. The average Bonchev–Trinajstić information content (AvgIpc) is 3.04. The van der Waals surface area contributed by atoms with Gasteiger partial charge in [-0.25, -0.2) is 4.79 Å². The number of para-hydroxylation sites is 2. The first-order chi connectivity index (χ1) is 15.3. The molecule has 2 aromatic carbocycles. The molecule has 0 bridgehead atoms. The van der Waals surface area contributed by atoms with E-state index >= 15 is 0 Å². The lowest BCUT2D eigenvalue weighted by atomic mass is 10.1. The van der Waals surface area contributed by atoms with E-state index in [0.717, 1.165) is 5.56 Å². The van der Waals surface area contributed by atoms with Crippen molar-refractivity contribution in [1.29, 1.82) is 0 Å². The Hall–Kier alpha value is -3.04. The predicted molar refractivity (Wildman–Crippen MR) is 128 cm³/mol. The molecule has 2 aromatic rings. The van der Waals surface area contributed by atoms with Gasteiger partial charge in [-0.2, -0.15) is 0 Å². The summed E-state index contributed by atoms with van der Waals surface area (Å²) < 4.78 is 21.7. The van der Waals surface area contributed by atoms with Crippen LogP contribution in [0, 0.1) is 0 Å². The molecule has 0 saturated carbocycles. The number of anilines is 1. The number of esters is 1. The maximum atomic E-state index is 13.1. The average molecular weight is 474 g/mol. The number of amides is 1. The van der Waals surface area contributed by atoms with Crippen molar-refractivity contribution in [3.63, 3.8) is 0 Å². The van der Waals surface area contributed by atoms with Gasteiger partial charge in [0.2, 0.25) is 0 Å². The number of hydrogen-bond donors (Lipinski definition) is 0. The zero-order valence-electron chi connectivity index (χ0n) is 18.1. The van der Waals surface area contributed by atoms with Gasteiger partial charge >= 0.3 is 5.97 Å². The van der Waals surface area contributed by atoms with Gasteiger partial charge in [0, 0.05) is 0 Å². The second kappa shape index (κ2) is 10.5. The topological polar surface area (TPSA) is 74.3 Å². The SMILES string of the molecule is COc1cc(/C=C2\SC(=S)N(c3ccccc3OC)C2=O)ccc1OCC(=O)OC(C)C. The summed E-state index contributed by atoms with van der Waals surface area (Å²) in [6.07, 6.45) is 1.51. The van der Waals surface area contributed by atoms with Crippen LogP contribution in [0.4, 0.5) is 5.69 Å². The third kappa shape index (κ3) is 5.41. The quantitative estimate of drug-likeness (QED) is 0.317. The largest absolute Gasteiger partial charge is 0.495 e. The Bertz CT molecular complexity index is 1070. The Morgan fingerprint density at radius 2 is 1.81 bits per heavy atom. The summed E-state index contributed by atoms with van der Waals surface area (Å²) in [5, 5.41) is 0. The van der Waals surface area contributed by atoms with Crippen LogP contribution in [0.3, 0.4) is 0 Å². The monoisotopic (exact) mass is 473 g/mol. The molecule has 1 aliphatic heterocycles. The molecule has 1 fully saturated rings. The molecule has 0 aliphatic carbocycles. The number of thiocarbonyl (C=S) groups is 1. The molecule has 3 rings (SSSR count). The minimum absolute atomic E-state index is 0.218. The summed E-state index contributed by atoms with van der Waals surface area (Å²) in [6.45, 7) is 3.30. The lowest BCUT2D eigenvalue weighted by Gasteiger charge is -2.17. The fourth-order valence-corrected chi connectivity index (χ4v) is 4.25. The molecular formula is C23H23NO6S2. The number of hydrogen-bond acceptors (Lipinski definition) is 8. The van der Waals surface area contributed by atoms with Crippen molar-refractivity contribution in [3.05, 3.63) is 52.9 Å². The summed E-state index contributed by atoms with van der Waals surface area (Å²) in [5.41, 5.74) is 1.31. The number of rotatable bonds is 8. The molecule has 1 heterocycles. The van der Waals surface area contributed by atoms with Crippen molar-refractivity contribution in [1.82, 2.24) is 0 Å². The van der Waals surface area contributed by atoms with Crippen molar-refractivity contribution < 1.29 is 28.5 Å². The van der Waals surface area contributed by atoms with Crippen LogP contribution in [0.2, 0.25) is 0 Å². The van der Waals surface area contributed by atoms with E-state index in [1.165, 1.54) is 23.8 Å². The highest BCUT2D eigenvalue weighted by atomic mass is 32.2. The van der Waals surface area contributed by atoms with Crippen molar-refractivity contribution >= 4 is 51.9 Å². The molecule has 0 unspecified atom stereocenters. The highest BCUT2D eigenvalue weighted by Crippen LogP contribution is 2.40. The Morgan fingerprint density at radius 3 is 2.50 bits per heavy atom. The van der Waals surface area contributed by atoms with E-state index in [1.807, 2.05) is 12.1 Å². The van der Waals surface area contributed by atoms with Crippen LogP contribution in [0.25, 0.3) is 6.08 Å². The number of thioether (sulfide) groups is 1. The minimum Gasteiger partial charge on any atom is -0.495 e. The molecule has 1 saturated heterocycles. The normalized spacial score (nSPS) is 14.8. The lowest BCUT2D eigenvalue weighted by Crippen LogP contribution is -2.27. The van der Waals surface area contributed by atoms with Gasteiger partial charge in [0.25, 0.3) is 5.91 Å². The maximum Gasteiger partial charge on any atom is 0.344 e. The van der Waals surface area contributed by atoms with Crippen LogP contribution in [-0.2, 0) is 14.3 Å². The summed E-state index contributed by atoms with van der Waals surface area (Å²) >= 11 is 6.65. The number of ether oxygens (including phenoxy) is 4. The van der Waals surface area contributed by atoms with E-state index in [2.05, 4.69) is 0 Å². The Balaban J connectivity index is 1.80.